The van der Waals surface area contributed by atoms with Crippen LogP contribution in [0.2, 0.25) is 5.15 Å². The van der Waals surface area contributed by atoms with Crippen LogP contribution in [0.3, 0.4) is 0 Å². The number of fused-ring (bicyclic) bond motifs is 1. The second kappa shape index (κ2) is 3.82. The minimum Gasteiger partial charge on any atom is -0.298 e. The molecule has 0 radical (unpaired) electrons. The summed E-state index contributed by atoms with van der Waals surface area (Å²) in [6.45, 7) is 2.04. The summed E-state index contributed by atoms with van der Waals surface area (Å²) in [6, 6.07) is 5.78. The van der Waals surface area contributed by atoms with Crippen LogP contribution in [0.25, 0.3) is 17.0 Å². The molecule has 0 saturated carbocycles. The number of imidazole rings is 1. The summed E-state index contributed by atoms with van der Waals surface area (Å²) in [6.07, 6.45) is 5.21. The monoisotopic (exact) mass is 244 g/mol. The summed E-state index contributed by atoms with van der Waals surface area (Å²) in [5.41, 5.74) is 3.75. The van der Waals surface area contributed by atoms with Gasteiger partial charge in [0.25, 0.3) is 0 Å². The first-order valence-electron chi connectivity index (χ1n) is 5.16. The molecule has 0 unspecified atom stereocenters. The Labute approximate surface area is 103 Å². The standard InChI is InChI=1S/C12H9ClN4/c1-8-2-3-17-10(6-14-12(17)4-8)9-5-11(13)16-7-15-9/h2-7H,1H3. The number of aryl methyl sites for hydroxylation is 1. The van der Waals surface area contributed by atoms with Gasteiger partial charge in [0.1, 0.15) is 17.1 Å². The van der Waals surface area contributed by atoms with Gasteiger partial charge in [-0.2, -0.15) is 0 Å². The van der Waals surface area contributed by atoms with Crippen molar-refractivity contribution in [3.05, 3.63) is 47.6 Å². The predicted octanol–water partition coefficient (Wildman–Crippen LogP) is 2.75. The highest BCUT2D eigenvalue weighted by Crippen LogP contribution is 2.20. The van der Waals surface area contributed by atoms with Gasteiger partial charge in [-0.3, -0.25) is 4.40 Å². The van der Waals surface area contributed by atoms with Crippen LogP contribution in [0.4, 0.5) is 0 Å². The number of aromatic nitrogens is 4. The lowest BCUT2D eigenvalue weighted by Crippen LogP contribution is -1.91. The number of nitrogens with zero attached hydrogens (tertiary/aromatic N) is 4. The van der Waals surface area contributed by atoms with Crippen LogP contribution in [0.5, 0.6) is 0 Å². The lowest BCUT2D eigenvalue weighted by molar-refractivity contribution is 1.12. The highest BCUT2D eigenvalue weighted by molar-refractivity contribution is 6.29. The summed E-state index contributed by atoms with van der Waals surface area (Å²) in [4.78, 5) is 12.4. The molecule has 0 atom stereocenters. The molecular weight excluding hydrogens is 236 g/mol. The maximum absolute atomic E-state index is 5.86. The van der Waals surface area contributed by atoms with Crippen LogP contribution < -0.4 is 0 Å². The van der Waals surface area contributed by atoms with Crippen LogP contribution >= 0.6 is 11.6 Å². The first kappa shape index (κ1) is 10.2. The molecule has 17 heavy (non-hydrogen) atoms. The van der Waals surface area contributed by atoms with E-state index in [0.29, 0.717) is 5.15 Å². The largest absolute Gasteiger partial charge is 0.298 e. The molecule has 4 nitrogen and oxygen atoms in total. The lowest BCUT2D eigenvalue weighted by atomic mass is 10.3. The molecule has 84 valence electrons. The van der Waals surface area contributed by atoms with E-state index in [1.54, 1.807) is 12.3 Å². The van der Waals surface area contributed by atoms with E-state index in [2.05, 4.69) is 15.0 Å². The molecule has 3 rings (SSSR count). The molecule has 3 aromatic rings. The van der Waals surface area contributed by atoms with Crippen LogP contribution in [0, 0.1) is 6.92 Å². The van der Waals surface area contributed by atoms with Crippen molar-refractivity contribution >= 4 is 17.2 Å². The van der Waals surface area contributed by atoms with E-state index in [0.717, 1.165) is 17.0 Å². The van der Waals surface area contributed by atoms with Crippen molar-refractivity contribution in [3.8, 4) is 11.4 Å². The van der Waals surface area contributed by atoms with Crippen molar-refractivity contribution < 1.29 is 0 Å². The molecule has 0 amide bonds. The highest BCUT2D eigenvalue weighted by atomic mass is 35.5. The Balaban J connectivity index is 2.24. The van der Waals surface area contributed by atoms with Gasteiger partial charge in [0.2, 0.25) is 0 Å². The lowest BCUT2D eigenvalue weighted by Gasteiger charge is -2.01. The normalized spacial score (nSPS) is 10.9. The summed E-state index contributed by atoms with van der Waals surface area (Å²) in [5.74, 6) is 0. The van der Waals surface area contributed by atoms with Gasteiger partial charge in [0.05, 0.1) is 17.6 Å². The van der Waals surface area contributed by atoms with Crippen LogP contribution in [0.1, 0.15) is 5.56 Å². The van der Waals surface area contributed by atoms with E-state index in [4.69, 9.17) is 11.6 Å². The van der Waals surface area contributed by atoms with Crippen molar-refractivity contribution in [2.45, 2.75) is 6.92 Å². The van der Waals surface area contributed by atoms with E-state index in [-0.39, 0.29) is 0 Å². The molecule has 0 aliphatic carbocycles. The molecule has 0 bridgehead atoms. The van der Waals surface area contributed by atoms with Gasteiger partial charge in [-0.25, -0.2) is 15.0 Å². The van der Waals surface area contributed by atoms with Gasteiger partial charge < -0.3 is 0 Å². The van der Waals surface area contributed by atoms with E-state index < -0.39 is 0 Å². The molecule has 0 fully saturated rings. The first-order valence-corrected chi connectivity index (χ1v) is 5.53. The van der Waals surface area contributed by atoms with Gasteiger partial charge >= 0.3 is 0 Å². The molecule has 0 aromatic carbocycles. The zero-order valence-electron chi connectivity index (χ0n) is 9.13. The summed E-state index contributed by atoms with van der Waals surface area (Å²) >= 11 is 5.86. The maximum Gasteiger partial charge on any atom is 0.137 e. The number of rotatable bonds is 1. The van der Waals surface area contributed by atoms with Crippen molar-refractivity contribution in [1.29, 1.82) is 0 Å². The molecule has 0 saturated heterocycles. The van der Waals surface area contributed by atoms with Gasteiger partial charge in [-0.05, 0) is 24.6 Å². The second-order valence-electron chi connectivity index (χ2n) is 3.80. The number of halogens is 1. The maximum atomic E-state index is 5.86. The molecule has 3 aromatic heterocycles. The fourth-order valence-corrected chi connectivity index (χ4v) is 1.89. The van der Waals surface area contributed by atoms with Crippen molar-refractivity contribution in [1.82, 2.24) is 19.4 Å². The zero-order valence-corrected chi connectivity index (χ0v) is 9.89. The van der Waals surface area contributed by atoms with Gasteiger partial charge in [0.15, 0.2) is 0 Å². The smallest absolute Gasteiger partial charge is 0.137 e. The summed E-state index contributed by atoms with van der Waals surface area (Å²) in [5, 5.41) is 0.428. The first-order chi connectivity index (χ1) is 8.24. The molecule has 0 aliphatic rings. The number of hydrogen-bond acceptors (Lipinski definition) is 3. The summed E-state index contributed by atoms with van der Waals surface area (Å²) < 4.78 is 1.98. The molecule has 0 aliphatic heterocycles. The number of hydrogen-bond donors (Lipinski definition) is 0. The fraction of sp³-hybridized carbons (Fsp3) is 0.0833. The minimum absolute atomic E-state index is 0.428. The molecule has 3 heterocycles. The van der Waals surface area contributed by atoms with Gasteiger partial charge in [0, 0.05) is 12.3 Å². The molecular formula is C12H9ClN4. The topological polar surface area (TPSA) is 43.1 Å². The minimum atomic E-state index is 0.428. The average Bonchev–Trinajstić information content (AvgIpc) is 2.71. The Morgan fingerprint density at radius 1 is 1.18 bits per heavy atom. The Morgan fingerprint density at radius 3 is 2.88 bits per heavy atom. The molecule has 5 heteroatoms. The molecule has 0 N–H and O–H groups in total. The average molecular weight is 245 g/mol. The van der Waals surface area contributed by atoms with Crippen LogP contribution in [-0.2, 0) is 0 Å². The SMILES string of the molecule is Cc1ccn2c(-c3cc(Cl)ncn3)cnc2c1. The third kappa shape index (κ3) is 1.76. The summed E-state index contributed by atoms with van der Waals surface area (Å²) in [7, 11) is 0. The van der Waals surface area contributed by atoms with Crippen molar-refractivity contribution in [2.75, 3.05) is 0 Å². The van der Waals surface area contributed by atoms with Crippen molar-refractivity contribution in [2.24, 2.45) is 0 Å². The Kier molecular flexibility index (Phi) is 2.30. The number of pyridine rings is 1. The quantitative estimate of drug-likeness (QED) is 0.618. The van der Waals surface area contributed by atoms with E-state index in [1.165, 1.54) is 11.9 Å². The zero-order chi connectivity index (χ0) is 11.8. The second-order valence-corrected chi connectivity index (χ2v) is 4.19. The fourth-order valence-electron chi connectivity index (χ4n) is 1.75. The van der Waals surface area contributed by atoms with E-state index in [1.807, 2.05) is 29.7 Å². The van der Waals surface area contributed by atoms with Crippen LogP contribution in [0.15, 0.2) is 36.9 Å². The van der Waals surface area contributed by atoms with Gasteiger partial charge in [-0.15, -0.1) is 0 Å². The van der Waals surface area contributed by atoms with E-state index >= 15 is 0 Å². The highest BCUT2D eigenvalue weighted by Gasteiger charge is 2.07. The Morgan fingerprint density at radius 2 is 2.06 bits per heavy atom. The third-order valence-electron chi connectivity index (χ3n) is 2.56. The Hall–Kier alpha value is -1.94. The molecule has 0 spiro atoms. The van der Waals surface area contributed by atoms with Crippen LogP contribution in [-0.4, -0.2) is 19.4 Å². The van der Waals surface area contributed by atoms with Gasteiger partial charge in [-0.1, -0.05) is 11.6 Å². The van der Waals surface area contributed by atoms with E-state index in [9.17, 15) is 0 Å². The predicted molar refractivity (Wildman–Crippen MR) is 66.0 cm³/mol. The third-order valence-corrected chi connectivity index (χ3v) is 2.77. The Bertz CT molecular complexity index is 690. The van der Waals surface area contributed by atoms with Crippen molar-refractivity contribution in [3.63, 3.8) is 0 Å².